The first-order valence-electron chi connectivity index (χ1n) is 5.86. The average molecular weight is 314 g/mol. The first-order chi connectivity index (χ1) is 8.24. The van der Waals surface area contributed by atoms with Crippen LogP contribution in [0.1, 0.15) is 26.3 Å². The molecule has 0 aromatic heterocycles. The number of nitrogens with two attached hydrogens (primary N) is 1. The third-order valence-corrected chi connectivity index (χ3v) is 3.04. The van der Waals surface area contributed by atoms with Crippen molar-refractivity contribution in [2.45, 2.75) is 26.4 Å². The summed E-state index contributed by atoms with van der Waals surface area (Å²) in [4.78, 5) is 2.02. The van der Waals surface area contributed by atoms with E-state index in [-0.39, 0.29) is 5.84 Å². The Balaban J connectivity index is 3.19. The number of anilines is 1. The molecular formula is C13H20BrN3O. The maximum atomic E-state index is 9.94. The molecule has 0 aliphatic rings. The van der Waals surface area contributed by atoms with Crippen molar-refractivity contribution in [3.8, 4) is 0 Å². The van der Waals surface area contributed by atoms with Gasteiger partial charge >= 0.3 is 0 Å². The number of aliphatic hydroxyl groups is 1. The Morgan fingerprint density at radius 3 is 2.56 bits per heavy atom. The number of hydrogen-bond acceptors (Lipinski definition) is 3. The molecule has 0 fully saturated rings. The largest absolute Gasteiger partial charge is 0.389 e. The lowest BCUT2D eigenvalue weighted by Crippen LogP contribution is -2.39. The van der Waals surface area contributed by atoms with E-state index in [0.29, 0.717) is 12.1 Å². The molecule has 0 aliphatic carbocycles. The fourth-order valence-corrected chi connectivity index (χ4v) is 2.18. The van der Waals surface area contributed by atoms with Crippen molar-refractivity contribution in [3.63, 3.8) is 0 Å². The fraction of sp³-hybridized carbons (Fsp3) is 0.462. The number of benzene rings is 1. The highest BCUT2D eigenvalue weighted by molar-refractivity contribution is 9.10. The first-order valence-corrected chi connectivity index (χ1v) is 6.65. The Bertz CT molecular complexity index is 440. The molecular weight excluding hydrogens is 294 g/mol. The van der Waals surface area contributed by atoms with Gasteiger partial charge in [-0.1, -0.05) is 15.9 Å². The van der Waals surface area contributed by atoms with Crippen molar-refractivity contribution < 1.29 is 5.11 Å². The van der Waals surface area contributed by atoms with E-state index < -0.39 is 5.60 Å². The lowest BCUT2D eigenvalue weighted by atomic mass is 10.1. The Morgan fingerprint density at radius 2 is 2.11 bits per heavy atom. The number of nitrogens with one attached hydrogen (secondary N) is 1. The number of nitrogen functional groups attached to an aromatic ring is 1. The SMILES string of the molecule is CCN(CC(C)(C)O)c1cc(Br)ccc1C(=N)N. The van der Waals surface area contributed by atoms with E-state index in [0.717, 1.165) is 16.7 Å². The molecule has 0 unspecified atom stereocenters. The van der Waals surface area contributed by atoms with Gasteiger partial charge in [-0.2, -0.15) is 0 Å². The molecule has 0 spiro atoms. The Hall–Kier alpha value is -1.07. The average Bonchev–Trinajstić information content (AvgIpc) is 2.24. The predicted octanol–water partition coefficient (Wildman–Crippen LogP) is 2.33. The van der Waals surface area contributed by atoms with E-state index in [2.05, 4.69) is 15.9 Å². The molecule has 0 amide bonds. The van der Waals surface area contributed by atoms with Crippen LogP contribution in [0.15, 0.2) is 22.7 Å². The zero-order chi connectivity index (χ0) is 13.9. The van der Waals surface area contributed by atoms with Gasteiger partial charge in [0.15, 0.2) is 0 Å². The lowest BCUT2D eigenvalue weighted by Gasteiger charge is -2.31. The molecule has 1 aromatic rings. The molecule has 0 saturated carbocycles. The van der Waals surface area contributed by atoms with Gasteiger partial charge in [-0.15, -0.1) is 0 Å². The van der Waals surface area contributed by atoms with Crippen molar-refractivity contribution in [3.05, 3.63) is 28.2 Å². The van der Waals surface area contributed by atoms with Crippen LogP contribution in [0, 0.1) is 5.41 Å². The normalized spacial score (nSPS) is 11.4. The van der Waals surface area contributed by atoms with Gasteiger partial charge in [0.1, 0.15) is 5.84 Å². The lowest BCUT2D eigenvalue weighted by molar-refractivity contribution is 0.0876. The molecule has 1 rings (SSSR count). The van der Waals surface area contributed by atoms with E-state index in [1.807, 2.05) is 30.0 Å². The zero-order valence-electron chi connectivity index (χ0n) is 11.0. The molecule has 18 heavy (non-hydrogen) atoms. The second kappa shape index (κ2) is 5.71. The van der Waals surface area contributed by atoms with Crippen LogP contribution >= 0.6 is 15.9 Å². The molecule has 0 radical (unpaired) electrons. The van der Waals surface area contributed by atoms with Gasteiger partial charge in [0.05, 0.1) is 5.60 Å². The minimum atomic E-state index is -0.799. The highest BCUT2D eigenvalue weighted by Gasteiger charge is 2.20. The minimum absolute atomic E-state index is 0.0340. The number of amidine groups is 1. The number of nitrogens with zero attached hydrogens (tertiary/aromatic N) is 1. The Morgan fingerprint density at radius 1 is 1.50 bits per heavy atom. The number of hydrogen-bond donors (Lipinski definition) is 3. The van der Waals surface area contributed by atoms with Gasteiger partial charge < -0.3 is 15.7 Å². The van der Waals surface area contributed by atoms with Crippen molar-refractivity contribution >= 4 is 27.5 Å². The standard InChI is InChI=1S/C13H20BrN3O/c1-4-17(8-13(2,3)18)11-7-9(14)5-6-10(11)12(15)16/h5-7,18H,4,8H2,1-3H3,(H3,15,16). The zero-order valence-corrected chi connectivity index (χ0v) is 12.6. The molecule has 0 saturated heterocycles. The van der Waals surface area contributed by atoms with Crippen LogP contribution in [0.25, 0.3) is 0 Å². The van der Waals surface area contributed by atoms with Crippen LogP contribution in [0.3, 0.4) is 0 Å². The van der Waals surface area contributed by atoms with Crippen LogP contribution in [0.4, 0.5) is 5.69 Å². The number of rotatable bonds is 5. The molecule has 4 N–H and O–H groups in total. The summed E-state index contributed by atoms with van der Waals surface area (Å²) in [5.41, 5.74) is 6.35. The van der Waals surface area contributed by atoms with Crippen LogP contribution in [0.5, 0.6) is 0 Å². The molecule has 0 bridgehead atoms. The van der Waals surface area contributed by atoms with Crippen molar-refractivity contribution in [1.29, 1.82) is 5.41 Å². The van der Waals surface area contributed by atoms with Gasteiger partial charge in [-0.05, 0) is 39.0 Å². The van der Waals surface area contributed by atoms with Crippen LogP contribution in [0.2, 0.25) is 0 Å². The van der Waals surface area contributed by atoms with Crippen molar-refractivity contribution in [2.24, 2.45) is 5.73 Å². The van der Waals surface area contributed by atoms with Gasteiger partial charge in [-0.3, -0.25) is 5.41 Å². The summed E-state index contributed by atoms with van der Waals surface area (Å²) in [6.45, 7) is 6.76. The third-order valence-electron chi connectivity index (χ3n) is 2.55. The maximum absolute atomic E-state index is 9.94. The topological polar surface area (TPSA) is 73.3 Å². The highest BCUT2D eigenvalue weighted by atomic mass is 79.9. The summed E-state index contributed by atoms with van der Waals surface area (Å²) in [6, 6.07) is 5.60. The Labute approximate surface area is 116 Å². The monoisotopic (exact) mass is 313 g/mol. The molecule has 0 aliphatic heterocycles. The van der Waals surface area contributed by atoms with E-state index in [4.69, 9.17) is 11.1 Å². The summed E-state index contributed by atoms with van der Waals surface area (Å²) in [5.74, 6) is 0.0340. The molecule has 5 heteroatoms. The smallest absolute Gasteiger partial charge is 0.124 e. The fourth-order valence-electron chi connectivity index (χ4n) is 1.83. The Kier molecular flexibility index (Phi) is 4.76. The van der Waals surface area contributed by atoms with Gasteiger partial charge in [0.25, 0.3) is 0 Å². The summed E-state index contributed by atoms with van der Waals surface area (Å²) >= 11 is 3.42. The van der Waals surface area contributed by atoms with Crippen molar-refractivity contribution in [1.82, 2.24) is 0 Å². The van der Waals surface area contributed by atoms with E-state index in [1.54, 1.807) is 13.8 Å². The quantitative estimate of drug-likeness (QED) is 0.577. The molecule has 0 atom stereocenters. The van der Waals surface area contributed by atoms with Crippen LogP contribution in [-0.2, 0) is 0 Å². The summed E-state index contributed by atoms with van der Waals surface area (Å²) < 4.78 is 0.927. The minimum Gasteiger partial charge on any atom is -0.389 e. The third kappa shape index (κ3) is 3.99. The molecule has 0 heterocycles. The number of likely N-dealkylation sites (N-methyl/N-ethyl adjacent to an activating group) is 1. The summed E-state index contributed by atoms with van der Waals surface area (Å²) in [6.07, 6.45) is 0. The van der Waals surface area contributed by atoms with Crippen molar-refractivity contribution in [2.75, 3.05) is 18.0 Å². The van der Waals surface area contributed by atoms with Crippen LogP contribution < -0.4 is 10.6 Å². The highest BCUT2D eigenvalue weighted by Crippen LogP contribution is 2.26. The van der Waals surface area contributed by atoms with E-state index >= 15 is 0 Å². The second-order valence-electron chi connectivity index (χ2n) is 4.90. The molecule has 4 nitrogen and oxygen atoms in total. The van der Waals surface area contributed by atoms with Crippen LogP contribution in [-0.4, -0.2) is 29.6 Å². The second-order valence-corrected chi connectivity index (χ2v) is 5.82. The maximum Gasteiger partial charge on any atom is 0.124 e. The van der Waals surface area contributed by atoms with Gasteiger partial charge in [0.2, 0.25) is 0 Å². The summed E-state index contributed by atoms with van der Waals surface area (Å²) in [7, 11) is 0. The predicted molar refractivity (Wildman–Crippen MR) is 79.3 cm³/mol. The summed E-state index contributed by atoms with van der Waals surface area (Å²) in [5, 5.41) is 17.6. The first kappa shape index (κ1) is 15.0. The number of halogens is 1. The molecule has 100 valence electrons. The van der Waals surface area contributed by atoms with E-state index in [9.17, 15) is 5.11 Å². The van der Waals surface area contributed by atoms with Gasteiger partial charge in [-0.25, -0.2) is 0 Å². The van der Waals surface area contributed by atoms with E-state index in [1.165, 1.54) is 0 Å². The molecule has 1 aromatic carbocycles. The van der Waals surface area contributed by atoms with Gasteiger partial charge in [0, 0.05) is 28.8 Å².